The van der Waals surface area contributed by atoms with E-state index in [0.29, 0.717) is 22.2 Å². The van der Waals surface area contributed by atoms with E-state index in [1.807, 2.05) is 6.07 Å². The van der Waals surface area contributed by atoms with E-state index in [9.17, 15) is 4.39 Å². The summed E-state index contributed by atoms with van der Waals surface area (Å²) in [6, 6.07) is 11.4. The van der Waals surface area contributed by atoms with Crippen LogP contribution in [0.15, 0.2) is 36.4 Å². The second kappa shape index (κ2) is 5.92. The predicted molar refractivity (Wildman–Crippen MR) is 74.9 cm³/mol. The van der Waals surface area contributed by atoms with Crippen molar-refractivity contribution >= 4 is 28.9 Å². The number of nitrogens with one attached hydrogen (secondary N) is 1. The van der Waals surface area contributed by atoms with Crippen LogP contribution in [0.1, 0.15) is 11.1 Å². The SMILES string of the molecule is N#Cc1ccc(CNc2c(F)cccc2Cl)c(Cl)c1. The molecule has 2 aromatic carbocycles. The van der Waals surface area contributed by atoms with Gasteiger partial charge >= 0.3 is 0 Å². The predicted octanol–water partition coefficient (Wildman–Crippen LogP) is 4.62. The molecule has 2 nitrogen and oxygen atoms in total. The second-order valence-electron chi connectivity index (χ2n) is 3.87. The maximum absolute atomic E-state index is 13.5. The van der Waals surface area contributed by atoms with Gasteiger partial charge in [-0.2, -0.15) is 5.26 Å². The van der Waals surface area contributed by atoms with Crippen molar-refractivity contribution < 1.29 is 4.39 Å². The Hall–Kier alpha value is -1.76. The molecule has 19 heavy (non-hydrogen) atoms. The van der Waals surface area contributed by atoms with Gasteiger partial charge in [0.1, 0.15) is 5.82 Å². The molecule has 0 aliphatic carbocycles. The van der Waals surface area contributed by atoms with Crippen molar-refractivity contribution in [2.45, 2.75) is 6.54 Å². The number of para-hydroxylation sites is 1. The highest BCUT2D eigenvalue weighted by molar-refractivity contribution is 6.33. The molecule has 0 aliphatic rings. The van der Waals surface area contributed by atoms with Crippen molar-refractivity contribution in [3.63, 3.8) is 0 Å². The van der Waals surface area contributed by atoms with E-state index in [1.54, 1.807) is 24.3 Å². The van der Waals surface area contributed by atoms with Gasteiger partial charge in [-0.15, -0.1) is 0 Å². The molecule has 0 bridgehead atoms. The van der Waals surface area contributed by atoms with Gasteiger partial charge < -0.3 is 5.32 Å². The van der Waals surface area contributed by atoms with Crippen LogP contribution in [0.25, 0.3) is 0 Å². The van der Waals surface area contributed by atoms with Crippen LogP contribution in [0.3, 0.4) is 0 Å². The van der Waals surface area contributed by atoms with Gasteiger partial charge in [-0.05, 0) is 29.8 Å². The number of anilines is 1. The zero-order valence-electron chi connectivity index (χ0n) is 9.75. The second-order valence-corrected chi connectivity index (χ2v) is 4.68. The Morgan fingerprint density at radius 2 is 1.95 bits per heavy atom. The highest BCUT2D eigenvalue weighted by Gasteiger charge is 2.07. The van der Waals surface area contributed by atoms with Crippen LogP contribution >= 0.6 is 23.2 Å². The van der Waals surface area contributed by atoms with Gasteiger partial charge in [-0.1, -0.05) is 35.3 Å². The molecule has 0 heterocycles. The van der Waals surface area contributed by atoms with Crippen LogP contribution in [0.4, 0.5) is 10.1 Å². The van der Waals surface area contributed by atoms with E-state index in [-0.39, 0.29) is 5.69 Å². The summed E-state index contributed by atoms with van der Waals surface area (Å²) < 4.78 is 13.5. The van der Waals surface area contributed by atoms with Crippen molar-refractivity contribution in [3.05, 3.63) is 63.4 Å². The lowest BCUT2D eigenvalue weighted by molar-refractivity contribution is 0.630. The summed E-state index contributed by atoms with van der Waals surface area (Å²) in [5.74, 6) is -0.419. The standard InChI is InChI=1S/C14H9Cl2FN2/c15-11-2-1-3-13(17)14(11)19-8-10-5-4-9(7-18)6-12(10)16/h1-6,19H,8H2. The lowest BCUT2D eigenvalue weighted by Crippen LogP contribution is -2.02. The molecule has 0 radical (unpaired) electrons. The molecular formula is C14H9Cl2FN2. The first-order valence-corrected chi connectivity index (χ1v) is 6.24. The Morgan fingerprint density at radius 1 is 1.16 bits per heavy atom. The number of halogens is 3. The summed E-state index contributed by atoms with van der Waals surface area (Å²) in [6.07, 6.45) is 0. The number of nitrogens with zero attached hydrogens (tertiary/aromatic N) is 1. The average molecular weight is 295 g/mol. The van der Waals surface area contributed by atoms with E-state index in [0.717, 1.165) is 5.56 Å². The first kappa shape index (κ1) is 13.7. The van der Waals surface area contributed by atoms with Crippen LogP contribution < -0.4 is 5.32 Å². The fourth-order valence-electron chi connectivity index (χ4n) is 1.61. The number of nitriles is 1. The van der Waals surface area contributed by atoms with Gasteiger partial charge in [-0.3, -0.25) is 0 Å². The topological polar surface area (TPSA) is 35.8 Å². The first-order valence-electron chi connectivity index (χ1n) is 5.48. The molecule has 2 rings (SSSR count). The first-order chi connectivity index (χ1) is 9.11. The zero-order valence-corrected chi connectivity index (χ0v) is 11.3. The van der Waals surface area contributed by atoms with Crippen molar-refractivity contribution in [2.75, 3.05) is 5.32 Å². The molecule has 1 N–H and O–H groups in total. The molecule has 5 heteroatoms. The van der Waals surface area contributed by atoms with Gasteiger partial charge in [0.25, 0.3) is 0 Å². The third kappa shape index (κ3) is 3.17. The maximum Gasteiger partial charge on any atom is 0.147 e. The van der Waals surface area contributed by atoms with Crippen molar-refractivity contribution in [1.82, 2.24) is 0 Å². The summed E-state index contributed by atoms with van der Waals surface area (Å²) in [4.78, 5) is 0. The van der Waals surface area contributed by atoms with Crippen LogP contribution in [-0.2, 0) is 6.54 Å². The quantitative estimate of drug-likeness (QED) is 0.897. The Balaban J connectivity index is 2.17. The number of hydrogen-bond donors (Lipinski definition) is 1. The Morgan fingerprint density at radius 3 is 2.58 bits per heavy atom. The van der Waals surface area contributed by atoms with Crippen LogP contribution in [0.5, 0.6) is 0 Å². The number of benzene rings is 2. The Kier molecular flexibility index (Phi) is 4.26. The number of hydrogen-bond acceptors (Lipinski definition) is 2. The third-order valence-electron chi connectivity index (χ3n) is 2.60. The van der Waals surface area contributed by atoms with E-state index in [4.69, 9.17) is 28.5 Å². The Labute approximate surface area is 120 Å². The molecule has 0 unspecified atom stereocenters. The van der Waals surface area contributed by atoms with E-state index in [1.165, 1.54) is 12.1 Å². The molecule has 0 amide bonds. The average Bonchev–Trinajstić information content (AvgIpc) is 2.39. The number of rotatable bonds is 3. The lowest BCUT2D eigenvalue weighted by Gasteiger charge is -2.10. The molecule has 0 saturated heterocycles. The summed E-state index contributed by atoms with van der Waals surface area (Å²) >= 11 is 11.9. The largest absolute Gasteiger partial charge is 0.377 e. The zero-order chi connectivity index (χ0) is 13.8. The van der Waals surface area contributed by atoms with E-state index in [2.05, 4.69) is 5.32 Å². The summed E-state index contributed by atoms with van der Waals surface area (Å²) in [5, 5.41) is 12.4. The molecule has 96 valence electrons. The van der Waals surface area contributed by atoms with Gasteiger partial charge in [-0.25, -0.2) is 4.39 Å². The van der Waals surface area contributed by atoms with Crippen LogP contribution in [0.2, 0.25) is 10.0 Å². The molecule has 0 fully saturated rings. The molecule has 0 aliphatic heterocycles. The van der Waals surface area contributed by atoms with E-state index < -0.39 is 5.82 Å². The fourth-order valence-corrected chi connectivity index (χ4v) is 2.09. The molecule has 0 saturated carbocycles. The van der Waals surface area contributed by atoms with E-state index >= 15 is 0 Å². The van der Waals surface area contributed by atoms with Crippen molar-refractivity contribution in [2.24, 2.45) is 0 Å². The summed E-state index contributed by atoms with van der Waals surface area (Å²) in [7, 11) is 0. The maximum atomic E-state index is 13.5. The normalized spacial score (nSPS) is 10.0. The van der Waals surface area contributed by atoms with Crippen molar-refractivity contribution in [1.29, 1.82) is 5.26 Å². The third-order valence-corrected chi connectivity index (χ3v) is 3.27. The Bertz CT molecular complexity index is 630. The molecule has 0 atom stereocenters. The smallest absolute Gasteiger partial charge is 0.147 e. The molecule has 0 spiro atoms. The highest BCUT2D eigenvalue weighted by Crippen LogP contribution is 2.26. The molecule has 2 aromatic rings. The summed E-state index contributed by atoms with van der Waals surface area (Å²) in [6.45, 7) is 0.325. The van der Waals surface area contributed by atoms with Gasteiger partial charge in [0, 0.05) is 11.6 Å². The summed E-state index contributed by atoms with van der Waals surface area (Å²) in [5.41, 5.74) is 1.49. The van der Waals surface area contributed by atoms with Gasteiger partial charge in [0.05, 0.1) is 22.3 Å². The molecular weight excluding hydrogens is 286 g/mol. The minimum atomic E-state index is -0.419. The minimum absolute atomic E-state index is 0.240. The highest BCUT2D eigenvalue weighted by atomic mass is 35.5. The van der Waals surface area contributed by atoms with Crippen LogP contribution in [-0.4, -0.2) is 0 Å². The monoisotopic (exact) mass is 294 g/mol. The van der Waals surface area contributed by atoms with Gasteiger partial charge in [0.15, 0.2) is 0 Å². The lowest BCUT2D eigenvalue weighted by atomic mass is 10.1. The van der Waals surface area contributed by atoms with Gasteiger partial charge in [0.2, 0.25) is 0 Å². The van der Waals surface area contributed by atoms with Crippen molar-refractivity contribution in [3.8, 4) is 6.07 Å². The minimum Gasteiger partial charge on any atom is -0.377 e. The molecule has 0 aromatic heterocycles. The fraction of sp³-hybridized carbons (Fsp3) is 0.0714. The van der Waals surface area contributed by atoms with Crippen LogP contribution in [0, 0.1) is 17.1 Å².